The van der Waals surface area contributed by atoms with Crippen LogP contribution in [0.4, 0.5) is 0 Å². The Morgan fingerprint density at radius 1 is 1.56 bits per heavy atom. The van der Waals surface area contributed by atoms with Crippen molar-refractivity contribution in [2.45, 2.75) is 26.4 Å². The van der Waals surface area contributed by atoms with E-state index in [1.54, 1.807) is 34.9 Å². The first-order valence-electron chi connectivity index (χ1n) is 7.74. The van der Waals surface area contributed by atoms with Crippen molar-refractivity contribution in [2.75, 3.05) is 6.61 Å². The topological polar surface area (TPSA) is 96.9 Å². The molecule has 25 heavy (non-hydrogen) atoms. The molecule has 2 heterocycles. The zero-order valence-electron chi connectivity index (χ0n) is 14.1. The normalized spacial score (nSPS) is 11.4. The Morgan fingerprint density at radius 2 is 2.32 bits per heavy atom. The van der Waals surface area contributed by atoms with Gasteiger partial charge in [0.15, 0.2) is 11.4 Å². The number of pyridine rings is 1. The highest BCUT2D eigenvalue weighted by atomic mass is 16.5. The third-order valence-electron chi connectivity index (χ3n) is 3.17. The van der Waals surface area contributed by atoms with Crippen molar-refractivity contribution in [1.29, 1.82) is 5.26 Å². The van der Waals surface area contributed by atoms with Crippen LogP contribution in [0, 0.1) is 11.3 Å². The van der Waals surface area contributed by atoms with Gasteiger partial charge in [0.05, 0.1) is 12.7 Å². The SMILES string of the molecule is C=CCCOc1nc2c(OC(C)C)cccn2c1/C=C(\C#N)C(=O)O. The minimum absolute atomic E-state index is 0.0549. The standard InChI is InChI=1S/C18H19N3O4/c1-4-5-9-24-17-14(10-13(11-19)18(22)23)21-8-6-7-15(16(21)20-17)25-12(2)3/h4,6-8,10,12H,1,5,9H2,2-3H3,(H,22,23)/b13-10+. The summed E-state index contributed by atoms with van der Waals surface area (Å²) in [5.41, 5.74) is 0.441. The summed E-state index contributed by atoms with van der Waals surface area (Å²) >= 11 is 0. The summed E-state index contributed by atoms with van der Waals surface area (Å²) in [6.45, 7) is 7.76. The largest absolute Gasteiger partial charge is 0.487 e. The molecule has 0 aliphatic heterocycles. The van der Waals surface area contributed by atoms with E-state index in [1.165, 1.54) is 6.08 Å². The Balaban J connectivity index is 2.62. The number of carboxylic acids is 1. The average molecular weight is 341 g/mol. The number of nitrogens with zero attached hydrogens (tertiary/aromatic N) is 3. The lowest BCUT2D eigenvalue weighted by Gasteiger charge is -2.10. The van der Waals surface area contributed by atoms with Crippen LogP contribution in [0.5, 0.6) is 11.6 Å². The molecule has 2 aromatic rings. The zero-order chi connectivity index (χ0) is 18.4. The molecule has 0 atom stereocenters. The van der Waals surface area contributed by atoms with Crippen LogP contribution >= 0.6 is 0 Å². The fraction of sp³-hybridized carbons (Fsp3) is 0.278. The molecule has 2 rings (SSSR count). The molecule has 2 aromatic heterocycles. The molecule has 0 spiro atoms. The van der Waals surface area contributed by atoms with E-state index in [1.807, 2.05) is 13.8 Å². The van der Waals surface area contributed by atoms with E-state index >= 15 is 0 Å². The summed E-state index contributed by atoms with van der Waals surface area (Å²) in [6, 6.07) is 5.19. The van der Waals surface area contributed by atoms with Crippen LogP contribution in [0.15, 0.2) is 36.6 Å². The molecule has 0 amide bonds. The van der Waals surface area contributed by atoms with Crippen molar-refractivity contribution >= 4 is 17.7 Å². The van der Waals surface area contributed by atoms with Gasteiger partial charge >= 0.3 is 5.97 Å². The maximum Gasteiger partial charge on any atom is 0.346 e. The number of hydrogen-bond donors (Lipinski definition) is 1. The van der Waals surface area contributed by atoms with Crippen LogP contribution in [0.2, 0.25) is 0 Å². The van der Waals surface area contributed by atoms with E-state index in [4.69, 9.17) is 19.8 Å². The van der Waals surface area contributed by atoms with Crippen LogP contribution in [0.25, 0.3) is 11.7 Å². The number of imidazole rings is 1. The number of aliphatic carboxylic acids is 1. The van der Waals surface area contributed by atoms with Crippen molar-refractivity contribution < 1.29 is 19.4 Å². The summed E-state index contributed by atoms with van der Waals surface area (Å²) in [6.07, 6.45) is 5.21. The summed E-state index contributed by atoms with van der Waals surface area (Å²) in [7, 11) is 0. The van der Waals surface area contributed by atoms with Crippen molar-refractivity contribution in [3.63, 3.8) is 0 Å². The highest BCUT2D eigenvalue weighted by molar-refractivity contribution is 5.96. The molecule has 0 saturated heterocycles. The maximum atomic E-state index is 11.2. The van der Waals surface area contributed by atoms with E-state index in [0.717, 1.165) is 0 Å². The summed E-state index contributed by atoms with van der Waals surface area (Å²) < 4.78 is 13.0. The molecule has 0 radical (unpaired) electrons. The van der Waals surface area contributed by atoms with Gasteiger partial charge in [-0.05, 0) is 38.5 Å². The van der Waals surface area contributed by atoms with Crippen molar-refractivity contribution in [1.82, 2.24) is 9.38 Å². The second-order valence-electron chi connectivity index (χ2n) is 5.44. The molecule has 0 saturated carbocycles. The van der Waals surface area contributed by atoms with Crippen LogP contribution in [-0.4, -0.2) is 33.2 Å². The molecule has 0 bridgehead atoms. The van der Waals surface area contributed by atoms with E-state index < -0.39 is 11.5 Å². The number of aromatic nitrogens is 2. The van der Waals surface area contributed by atoms with E-state index in [-0.39, 0.29) is 12.0 Å². The minimum atomic E-state index is -1.32. The molecule has 0 aromatic carbocycles. The second-order valence-corrected chi connectivity index (χ2v) is 5.44. The first-order chi connectivity index (χ1) is 12.0. The average Bonchev–Trinajstić information content (AvgIpc) is 2.90. The highest BCUT2D eigenvalue weighted by Crippen LogP contribution is 2.29. The zero-order valence-corrected chi connectivity index (χ0v) is 14.1. The van der Waals surface area contributed by atoms with E-state index in [2.05, 4.69) is 11.6 Å². The Kier molecular flexibility index (Phi) is 5.79. The Labute approximate surface area is 145 Å². The highest BCUT2D eigenvalue weighted by Gasteiger charge is 2.18. The van der Waals surface area contributed by atoms with Gasteiger partial charge in [-0.1, -0.05) is 6.08 Å². The van der Waals surface area contributed by atoms with Gasteiger partial charge in [0.1, 0.15) is 17.3 Å². The first-order valence-corrected chi connectivity index (χ1v) is 7.74. The monoisotopic (exact) mass is 341 g/mol. The van der Waals surface area contributed by atoms with Gasteiger partial charge in [0.25, 0.3) is 0 Å². The van der Waals surface area contributed by atoms with Gasteiger partial charge < -0.3 is 14.6 Å². The van der Waals surface area contributed by atoms with Gasteiger partial charge in [-0.2, -0.15) is 10.2 Å². The summed E-state index contributed by atoms with van der Waals surface area (Å²) in [5.74, 6) is -0.542. The van der Waals surface area contributed by atoms with Gasteiger partial charge in [-0.15, -0.1) is 6.58 Å². The Morgan fingerprint density at radius 3 is 2.92 bits per heavy atom. The van der Waals surface area contributed by atoms with Crippen molar-refractivity contribution in [2.24, 2.45) is 0 Å². The number of carbonyl (C=O) groups is 1. The lowest BCUT2D eigenvalue weighted by atomic mass is 10.2. The number of hydrogen-bond acceptors (Lipinski definition) is 5. The Bertz CT molecular complexity index is 859. The molecule has 1 N–H and O–H groups in total. The molecular formula is C18H19N3O4. The van der Waals surface area contributed by atoms with Gasteiger partial charge in [-0.25, -0.2) is 4.79 Å². The number of nitriles is 1. The van der Waals surface area contributed by atoms with Crippen molar-refractivity contribution in [3.05, 3.63) is 42.3 Å². The molecular weight excluding hydrogens is 322 g/mol. The number of carboxylic acid groups (broad SMARTS) is 1. The second kappa shape index (κ2) is 8.02. The van der Waals surface area contributed by atoms with Crippen LogP contribution in [0.1, 0.15) is 26.0 Å². The quantitative estimate of drug-likeness (QED) is 0.343. The first kappa shape index (κ1) is 18.1. The molecule has 0 unspecified atom stereocenters. The third-order valence-corrected chi connectivity index (χ3v) is 3.17. The molecule has 0 aliphatic rings. The third kappa shape index (κ3) is 4.18. The maximum absolute atomic E-state index is 11.2. The summed E-state index contributed by atoms with van der Waals surface area (Å²) in [4.78, 5) is 15.6. The molecule has 0 fully saturated rings. The van der Waals surface area contributed by atoms with E-state index in [9.17, 15) is 4.79 Å². The molecule has 130 valence electrons. The molecule has 0 aliphatic carbocycles. The predicted octanol–water partition coefficient (Wildman–Crippen LogP) is 3.07. The van der Waals surface area contributed by atoms with Crippen LogP contribution < -0.4 is 9.47 Å². The number of rotatable bonds is 8. The van der Waals surface area contributed by atoms with Gasteiger partial charge in [0.2, 0.25) is 5.88 Å². The fourth-order valence-corrected chi connectivity index (χ4v) is 2.14. The van der Waals surface area contributed by atoms with Crippen LogP contribution in [0.3, 0.4) is 0 Å². The fourth-order valence-electron chi connectivity index (χ4n) is 2.14. The number of fused-ring (bicyclic) bond motifs is 1. The van der Waals surface area contributed by atoms with Crippen LogP contribution in [-0.2, 0) is 4.79 Å². The smallest absolute Gasteiger partial charge is 0.346 e. The van der Waals surface area contributed by atoms with E-state index in [0.29, 0.717) is 30.1 Å². The predicted molar refractivity (Wildman–Crippen MR) is 92.5 cm³/mol. The lowest BCUT2D eigenvalue weighted by Crippen LogP contribution is -2.06. The lowest BCUT2D eigenvalue weighted by molar-refractivity contribution is -0.132. The van der Waals surface area contributed by atoms with Gasteiger partial charge in [-0.3, -0.25) is 4.40 Å². The van der Waals surface area contributed by atoms with Crippen molar-refractivity contribution in [3.8, 4) is 17.7 Å². The van der Waals surface area contributed by atoms with Gasteiger partial charge in [0, 0.05) is 6.20 Å². The molecule has 7 nitrogen and oxygen atoms in total. The minimum Gasteiger partial charge on any atom is -0.487 e. The molecule has 7 heteroatoms. The number of ether oxygens (including phenoxy) is 2. The Hall–Kier alpha value is -3.27. The summed E-state index contributed by atoms with van der Waals surface area (Å²) in [5, 5.41) is 18.2.